The third-order valence-corrected chi connectivity index (χ3v) is 9.30. The molecule has 0 saturated carbocycles. The molecular weight excluding hydrogens is 613 g/mol. The summed E-state index contributed by atoms with van der Waals surface area (Å²) in [6, 6.07) is 17.8. The molecule has 4 rings (SSSR count). The second-order valence-electron chi connectivity index (χ2n) is 10.1. The van der Waals surface area contributed by atoms with Gasteiger partial charge in [0.15, 0.2) is 5.25 Å². The standard InChI is InChI=1S/C30H37N5O5S.2ClH/c1-4-39-30(36)20(2)41(37,38)35(19-22-5-6-23-7-8-24(29(32)33)18-25(23)17-22)26-9-11-27(12-10-26)40-28-13-15-34(16-14-28)21(3)31;;/h5-12,17-18,20,28,31H,4,13-16,19H2,1-3H3,(H3,32,33);2*1H. The van der Waals surface area contributed by atoms with E-state index in [0.717, 1.165) is 36.7 Å². The van der Waals surface area contributed by atoms with Gasteiger partial charge in [-0.1, -0.05) is 24.3 Å². The number of piperidine rings is 1. The fourth-order valence-corrected chi connectivity index (χ4v) is 6.26. The van der Waals surface area contributed by atoms with Crippen LogP contribution in [0.15, 0.2) is 60.7 Å². The molecule has 3 aromatic rings. The maximum Gasteiger partial charge on any atom is 0.325 e. The van der Waals surface area contributed by atoms with Crippen LogP contribution in [0.2, 0.25) is 0 Å². The monoisotopic (exact) mass is 651 g/mol. The Kier molecular flexibility index (Phi) is 12.7. The fourth-order valence-electron chi connectivity index (χ4n) is 4.82. The average Bonchev–Trinajstić information content (AvgIpc) is 2.96. The number of halogens is 2. The van der Waals surface area contributed by atoms with E-state index in [1.165, 1.54) is 11.2 Å². The van der Waals surface area contributed by atoms with Crippen LogP contribution in [0.1, 0.15) is 44.7 Å². The zero-order chi connectivity index (χ0) is 29.7. The summed E-state index contributed by atoms with van der Waals surface area (Å²) in [5, 5.41) is 15.9. The van der Waals surface area contributed by atoms with E-state index in [9.17, 15) is 13.2 Å². The van der Waals surface area contributed by atoms with Gasteiger partial charge in [0.05, 0.1) is 24.7 Å². The Bertz CT molecular complexity index is 1540. The van der Waals surface area contributed by atoms with Gasteiger partial charge in [-0.05, 0) is 73.5 Å². The van der Waals surface area contributed by atoms with Gasteiger partial charge < -0.3 is 20.1 Å². The molecule has 1 heterocycles. The molecule has 0 aliphatic carbocycles. The Balaban J connectivity index is 0.00000323. The van der Waals surface area contributed by atoms with E-state index in [0.29, 0.717) is 28.4 Å². The average molecular weight is 653 g/mol. The van der Waals surface area contributed by atoms with Crippen molar-refractivity contribution in [3.8, 4) is 5.75 Å². The Labute approximate surface area is 265 Å². The lowest BCUT2D eigenvalue weighted by molar-refractivity contribution is -0.142. The molecule has 0 aromatic heterocycles. The number of amidine groups is 2. The minimum atomic E-state index is -4.16. The van der Waals surface area contributed by atoms with E-state index >= 15 is 0 Å². The molecule has 1 aliphatic heterocycles. The first-order valence-electron chi connectivity index (χ1n) is 13.6. The quantitative estimate of drug-likeness (QED) is 0.157. The molecule has 3 aromatic carbocycles. The number of nitrogens with one attached hydrogen (secondary N) is 2. The van der Waals surface area contributed by atoms with Crippen molar-refractivity contribution in [3.05, 3.63) is 71.8 Å². The molecule has 13 heteroatoms. The Morgan fingerprint density at radius 3 is 2.23 bits per heavy atom. The number of hydrogen-bond acceptors (Lipinski definition) is 7. The topological polar surface area (TPSA) is 150 Å². The Morgan fingerprint density at radius 1 is 1.02 bits per heavy atom. The molecule has 1 fully saturated rings. The molecule has 10 nitrogen and oxygen atoms in total. The van der Waals surface area contributed by atoms with E-state index in [4.69, 9.17) is 26.0 Å². The fraction of sp³-hybridized carbons (Fsp3) is 0.367. The van der Waals surface area contributed by atoms with Gasteiger partial charge in [0.1, 0.15) is 17.7 Å². The Morgan fingerprint density at radius 2 is 1.65 bits per heavy atom. The van der Waals surface area contributed by atoms with Crippen molar-refractivity contribution in [2.24, 2.45) is 5.73 Å². The van der Waals surface area contributed by atoms with Crippen LogP contribution in [-0.2, 0) is 26.1 Å². The molecule has 0 amide bonds. The maximum atomic E-state index is 13.8. The molecule has 0 radical (unpaired) electrons. The molecule has 1 unspecified atom stereocenters. The predicted octanol–water partition coefficient (Wildman–Crippen LogP) is 5.10. The number of nitrogens with two attached hydrogens (primary N) is 1. The van der Waals surface area contributed by atoms with Gasteiger partial charge in [-0.2, -0.15) is 0 Å². The normalized spacial score (nSPS) is 14.2. The number of nitrogens with zero attached hydrogens (tertiary/aromatic N) is 2. The summed E-state index contributed by atoms with van der Waals surface area (Å²) in [6.45, 7) is 6.32. The molecule has 0 spiro atoms. The highest BCUT2D eigenvalue weighted by Crippen LogP contribution is 2.29. The minimum Gasteiger partial charge on any atom is -0.490 e. The van der Waals surface area contributed by atoms with Gasteiger partial charge in [-0.25, -0.2) is 8.42 Å². The number of hydrogen-bond donors (Lipinski definition) is 3. The van der Waals surface area contributed by atoms with E-state index in [-0.39, 0.29) is 49.9 Å². The van der Waals surface area contributed by atoms with Crippen LogP contribution in [0, 0.1) is 10.8 Å². The lowest BCUT2D eigenvalue weighted by atomic mass is 10.0. The number of carbonyl (C=O) groups excluding carboxylic acids is 1. The Hall–Kier alpha value is -3.54. The summed E-state index contributed by atoms with van der Waals surface area (Å²) in [7, 11) is -4.16. The lowest BCUT2D eigenvalue weighted by Gasteiger charge is -2.33. The summed E-state index contributed by atoms with van der Waals surface area (Å²) < 4.78 is 40.0. The third-order valence-electron chi connectivity index (χ3n) is 7.26. The van der Waals surface area contributed by atoms with Crippen LogP contribution >= 0.6 is 24.8 Å². The molecule has 1 saturated heterocycles. The first-order chi connectivity index (χ1) is 19.5. The van der Waals surface area contributed by atoms with Gasteiger partial charge in [-0.3, -0.25) is 19.9 Å². The third kappa shape index (κ3) is 8.52. The SMILES string of the molecule is CCOC(=O)C(C)S(=O)(=O)N(Cc1ccc2ccc(C(=N)N)cc2c1)c1ccc(OC2CCN(C(C)=N)CC2)cc1.Cl.Cl. The highest BCUT2D eigenvalue weighted by atomic mass is 35.5. The number of ether oxygens (including phenoxy) is 2. The summed E-state index contributed by atoms with van der Waals surface area (Å²) in [6.07, 6.45) is 1.60. The summed E-state index contributed by atoms with van der Waals surface area (Å²) in [5.74, 6) is 0.310. The first-order valence-corrected chi connectivity index (χ1v) is 15.1. The van der Waals surface area contributed by atoms with E-state index < -0.39 is 21.2 Å². The second kappa shape index (κ2) is 15.3. The summed E-state index contributed by atoms with van der Waals surface area (Å²) >= 11 is 0. The van der Waals surface area contributed by atoms with Crippen LogP contribution in [0.4, 0.5) is 5.69 Å². The van der Waals surface area contributed by atoms with Crippen LogP contribution < -0.4 is 14.8 Å². The summed E-state index contributed by atoms with van der Waals surface area (Å²) in [4.78, 5) is 14.5. The number of rotatable bonds is 10. The molecule has 4 N–H and O–H groups in total. The van der Waals surface area contributed by atoms with Gasteiger partial charge in [0.2, 0.25) is 10.0 Å². The number of fused-ring (bicyclic) bond motifs is 1. The van der Waals surface area contributed by atoms with Crippen molar-refractivity contribution in [2.45, 2.75) is 51.5 Å². The number of nitrogen functional groups attached to an aromatic ring is 1. The molecule has 234 valence electrons. The number of esters is 1. The molecule has 1 aliphatic rings. The molecular formula is C30H39Cl2N5O5S. The number of anilines is 1. The lowest BCUT2D eigenvalue weighted by Crippen LogP contribution is -2.41. The van der Waals surface area contributed by atoms with Crippen LogP contribution in [-0.4, -0.2) is 62.0 Å². The zero-order valence-corrected chi connectivity index (χ0v) is 26.9. The smallest absolute Gasteiger partial charge is 0.325 e. The number of benzene rings is 3. The van der Waals surface area contributed by atoms with Crippen molar-refractivity contribution in [3.63, 3.8) is 0 Å². The maximum absolute atomic E-state index is 13.8. The van der Waals surface area contributed by atoms with Crippen molar-refractivity contribution < 1.29 is 22.7 Å². The number of likely N-dealkylation sites (tertiary alicyclic amines) is 1. The first kappa shape index (κ1) is 35.7. The van der Waals surface area contributed by atoms with Crippen molar-refractivity contribution in [1.29, 1.82) is 10.8 Å². The minimum absolute atomic E-state index is 0. The van der Waals surface area contributed by atoms with Gasteiger partial charge >= 0.3 is 5.97 Å². The zero-order valence-electron chi connectivity index (χ0n) is 24.4. The molecule has 0 bridgehead atoms. The second-order valence-corrected chi connectivity index (χ2v) is 12.3. The van der Waals surface area contributed by atoms with Gasteiger partial charge in [-0.15, -0.1) is 24.8 Å². The van der Waals surface area contributed by atoms with E-state index in [1.54, 1.807) is 50.2 Å². The van der Waals surface area contributed by atoms with Crippen molar-refractivity contribution >= 4 is 68.9 Å². The van der Waals surface area contributed by atoms with Crippen LogP contribution in [0.3, 0.4) is 0 Å². The highest BCUT2D eigenvalue weighted by Gasteiger charge is 2.35. The largest absolute Gasteiger partial charge is 0.490 e. The van der Waals surface area contributed by atoms with Crippen molar-refractivity contribution in [1.82, 2.24) is 4.90 Å². The van der Waals surface area contributed by atoms with Crippen molar-refractivity contribution in [2.75, 3.05) is 24.0 Å². The van der Waals surface area contributed by atoms with Crippen LogP contribution in [0.25, 0.3) is 10.8 Å². The van der Waals surface area contributed by atoms with E-state index in [1.807, 2.05) is 29.2 Å². The van der Waals surface area contributed by atoms with Gasteiger partial charge in [0, 0.05) is 31.5 Å². The predicted molar refractivity (Wildman–Crippen MR) is 176 cm³/mol. The van der Waals surface area contributed by atoms with Crippen LogP contribution in [0.5, 0.6) is 5.75 Å². The highest BCUT2D eigenvalue weighted by molar-refractivity contribution is 7.94. The van der Waals surface area contributed by atoms with E-state index in [2.05, 4.69) is 0 Å². The number of carbonyl (C=O) groups is 1. The molecule has 1 atom stereocenters. The van der Waals surface area contributed by atoms with Gasteiger partial charge in [0.25, 0.3) is 0 Å². The molecule has 43 heavy (non-hydrogen) atoms. The summed E-state index contributed by atoms with van der Waals surface area (Å²) in [5.41, 5.74) is 7.33. The number of sulfonamides is 1.